The third kappa shape index (κ3) is 4.23. The molecular weight excluding hydrogens is 252 g/mol. The van der Waals surface area contributed by atoms with E-state index in [4.69, 9.17) is 4.74 Å². The molecule has 1 amide bonds. The van der Waals surface area contributed by atoms with E-state index in [2.05, 4.69) is 10.6 Å². The summed E-state index contributed by atoms with van der Waals surface area (Å²) in [7, 11) is 1.65. The molecule has 0 heterocycles. The number of ether oxygens (including phenoxy) is 1. The van der Waals surface area contributed by atoms with Crippen LogP contribution in [0.5, 0.6) is 5.75 Å². The first-order chi connectivity index (χ1) is 9.69. The van der Waals surface area contributed by atoms with Crippen LogP contribution in [0, 0.1) is 0 Å². The molecule has 20 heavy (non-hydrogen) atoms. The molecule has 1 aromatic rings. The summed E-state index contributed by atoms with van der Waals surface area (Å²) < 4.78 is 5.20. The number of hydrogen-bond acceptors (Lipinski definition) is 3. The van der Waals surface area contributed by atoms with Gasteiger partial charge < -0.3 is 15.4 Å². The van der Waals surface area contributed by atoms with Crippen molar-refractivity contribution in [1.29, 1.82) is 0 Å². The Morgan fingerprint density at radius 3 is 2.85 bits per heavy atom. The van der Waals surface area contributed by atoms with Gasteiger partial charge >= 0.3 is 0 Å². The second-order valence-corrected chi connectivity index (χ2v) is 5.43. The molecule has 1 atom stereocenters. The minimum Gasteiger partial charge on any atom is -0.497 e. The Morgan fingerprint density at radius 2 is 2.15 bits per heavy atom. The zero-order valence-corrected chi connectivity index (χ0v) is 12.3. The second-order valence-electron chi connectivity index (χ2n) is 5.43. The van der Waals surface area contributed by atoms with Gasteiger partial charge in [0.05, 0.1) is 19.7 Å². The van der Waals surface area contributed by atoms with Crippen LogP contribution in [0.1, 0.15) is 44.2 Å². The molecule has 0 bridgehead atoms. The summed E-state index contributed by atoms with van der Waals surface area (Å²) in [4.78, 5) is 11.9. The number of methoxy groups -OCH3 is 1. The van der Waals surface area contributed by atoms with Gasteiger partial charge in [0, 0.05) is 6.04 Å². The second kappa shape index (κ2) is 7.29. The van der Waals surface area contributed by atoms with Crippen LogP contribution in [-0.4, -0.2) is 25.6 Å². The maximum absolute atomic E-state index is 11.9. The predicted octanol–water partition coefficient (Wildman–Crippen LogP) is 2.40. The Bertz CT molecular complexity index is 442. The van der Waals surface area contributed by atoms with Crippen LogP contribution in [0.25, 0.3) is 0 Å². The number of rotatable bonds is 6. The first-order valence-corrected chi connectivity index (χ1v) is 7.35. The molecule has 0 saturated heterocycles. The predicted molar refractivity (Wildman–Crippen MR) is 79.8 cm³/mol. The van der Waals surface area contributed by atoms with Gasteiger partial charge in [0.1, 0.15) is 5.75 Å². The summed E-state index contributed by atoms with van der Waals surface area (Å²) in [5.41, 5.74) is 1.05. The van der Waals surface area contributed by atoms with Crippen molar-refractivity contribution >= 4 is 5.91 Å². The Labute approximate surface area is 120 Å². The lowest BCUT2D eigenvalue weighted by Crippen LogP contribution is -2.39. The molecule has 4 nitrogen and oxygen atoms in total. The van der Waals surface area contributed by atoms with Crippen molar-refractivity contribution in [1.82, 2.24) is 10.6 Å². The molecule has 1 aliphatic carbocycles. The van der Waals surface area contributed by atoms with Crippen LogP contribution < -0.4 is 15.4 Å². The topological polar surface area (TPSA) is 50.4 Å². The number of amides is 1. The average molecular weight is 276 g/mol. The minimum absolute atomic E-state index is 0.0111. The third-order valence-corrected chi connectivity index (χ3v) is 3.88. The van der Waals surface area contributed by atoms with Gasteiger partial charge in [-0.15, -0.1) is 0 Å². The standard InChI is InChI=1S/C16H24N2O2/c1-12(13-6-5-9-15(10-13)20-2)18-16(19)11-17-14-7-3-4-8-14/h5-6,9-10,12,14,17H,3-4,7-8,11H2,1-2H3,(H,18,19)/t12-/m1/s1. The largest absolute Gasteiger partial charge is 0.497 e. The minimum atomic E-state index is -0.0111. The van der Waals surface area contributed by atoms with Crippen molar-refractivity contribution in [3.63, 3.8) is 0 Å². The van der Waals surface area contributed by atoms with E-state index in [9.17, 15) is 4.79 Å². The molecule has 2 N–H and O–H groups in total. The Kier molecular flexibility index (Phi) is 5.41. The van der Waals surface area contributed by atoms with Crippen LogP contribution in [0.3, 0.4) is 0 Å². The highest BCUT2D eigenvalue weighted by Gasteiger charge is 2.16. The summed E-state index contributed by atoms with van der Waals surface area (Å²) >= 11 is 0. The molecule has 0 spiro atoms. The Hall–Kier alpha value is -1.55. The zero-order valence-electron chi connectivity index (χ0n) is 12.3. The zero-order chi connectivity index (χ0) is 14.4. The third-order valence-electron chi connectivity index (χ3n) is 3.88. The van der Waals surface area contributed by atoms with Gasteiger partial charge in [0.15, 0.2) is 0 Å². The molecule has 0 aliphatic heterocycles. The normalized spacial score (nSPS) is 16.9. The van der Waals surface area contributed by atoms with E-state index in [0.717, 1.165) is 11.3 Å². The molecule has 0 aromatic heterocycles. The highest BCUT2D eigenvalue weighted by Crippen LogP contribution is 2.19. The average Bonchev–Trinajstić information content (AvgIpc) is 2.98. The molecule has 1 fully saturated rings. The van der Waals surface area contributed by atoms with Crippen LogP contribution in [-0.2, 0) is 4.79 Å². The lowest BCUT2D eigenvalue weighted by Gasteiger charge is -2.17. The molecule has 0 unspecified atom stereocenters. The van der Waals surface area contributed by atoms with Crippen molar-refractivity contribution in [2.24, 2.45) is 0 Å². The summed E-state index contributed by atoms with van der Waals surface area (Å²) in [6.07, 6.45) is 4.94. The number of hydrogen-bond donors (Lipinski definition) is 2. The molecule has 2 rings (SSSR count). The monoisotopic (exact) mass is 276 g/mol. The molecular formula is C16H24N2O2. The van der Waals surface area contributed by atoms with E-state index in [0.29, 0.717) is 12.6 Å². The number of benzene rings is 1. The molecule has 0 radical (unpaired) electrons. The lowest BCUT2D eigenvalue weighted by molar-refractivity contribution is -0.121. The van der Waals surface area contributed by atoms with Gasteiger partial charge in [-0.05, 0) is 37.5 Å². The fourth-order valence-electron chi connectivity index (χ4n) is 2.65. The highest BCUT2D eigenvalue weighted by molar-refractivity contribution is 5.78. The van der Waals surface area contributed by atoms with Gasteiger partial charge in [-0.25, -0.2) is 0 Å². The molecule has 110 valence electrons. The summed E-state index contributed by atoms with van der Waals surface area (Å²) in [5, 5.41) is 6.34. The quantitative estimate of drug-likeness (QED) is 0.839. The summed E-state index contributed by atoms with van der Waals surface area (Å²) in [5.74, 6) is 0.861. The van der Waals surface area contributed by atoms with Crippen molar-refractivity contribution in [3.8, 4) is 5.75 Å². The first-order valence-electron chi connectivity index (χ1n) is 7.35. The summed E-state index contributed by atoms with van der Waals surface area (Å²) in [6.45, 7) is 2.39. The smallest absolute Gasteiger partial charge is 0.234 e. The number of carbonyl (C=O) groups is 1. The van der Waals surface area contributed by atoms with E-state index in [1.165, 1.54) is 25.7 Å². The van der Waals surface area contributed by atoms with Crippen LogP contribution in [0.15, 0.2) is 24.3 Å². The van der Waals surface area contributed by atoms with Gasteiger partial charge in [0.2, 0.25) is 5.91 Å². The van der Waals surface area contributed by atoms with Crippen molar-refractivity contribution < 1.29 is 9.53 Å². The van der Waals surface area contributed by atoms with E-state index in [1.54, 1.807) is 7.11 Å². The molecule has 1 aromatic carbocycles. The molecule has 1 saturated carbocycles. The van der Waals surface area contributed by atoms with E-state index < -0.39 is 0 Å². The van der Waals surface area contributed by atoms with Gasteiger partial charge in [-0.3, -0.25) is 4.79 Å². The van der Waals surface area contributed by atoms with Gasteiger partial charge in [0.25, 0.3) is 0 Å². The summed E-state index contributed by atoms with van der Waals surface area (Å²) in [6, 6.07) is 8.30. The van der Waals surface area contributed by atoms with Crippen LogP contribution >= 0.6 is 0 Å². The lowest BCUT2D eigenvalue weighted by atomic mass is 10.1. The Balaban J connectivity index is 1.80. The number of carbonyl (C=O) groups excluding carboxylic acids is 1. The maximum atomic E-state index is 11.9. The van der Waals surface area contributed by atoms with Crippen LogP contribution in [0.2, 0.25) is 0 Å². The van der Waals surface area contributed by atoms with E-state index >= 15 is 0 Å². The molecule has 1 aliphatic rings. The first kappa shape index (κ1) is 14.9. The maximum Gasteiger partial charge on any atom is 0.234 e. The van der Waals surface area contributed by atoms with Gasteiger partial charge in [-0.2, -0.15) is 0 Å². The Morgan fingerprint density at radius 1 is 1.40 bits per heavy atom. The molecule has 4 heteroatoms. The van der Waals surface area contributed by atoms with Crippen molar-refractivity contribution in [3.05, 3.63) is 29.8 Å². The highest BCUT2D eigenvalue weighted by atomic mass is 16.5. The van der Waals surface area contributed by atoms with E-state index in [-0.39, 0.29) is 11.9 Å². The van der Waals surface area contributed by atoms with Crippen molar-refractivity contribution in [2.45, 2.75) is 44.7 Å². The van der Waals surface area contributed by atoms with Gasteiger partial charge in [-0.1, -0.05) is 25.0 Å². The van der Waals surface area contributed by atoms with Crippen LogP contribution in [0.4, 0.5) is 0 Å². The number of nitrogens with one attached hydrogen (secondary N) is 2. The fraction of sp³-hybridized carbons (Fsp3) is 0.562. The fourth-order valence-corrected chi connectivity index (χ4v) is 2.65. The van der Waals surface area contributed by atoms with Crippen molar-refractivity contribution in [2.75, 3.05) is 13.7 Å². The van der Waals surface area contributed by atoms with E-state index in [1.807, 2.05) is 31.2 Å². The SMILES string of the molecule is COc1cccc([C@@H](C)NC(=O)CNC2CCCC2)c1.